The lowest BCUT2D eigenvalue weighted by Gasteiger charge is -2.18. The summed E-state index contributed by atoms with van der Waals surface area (Å²) < 4.78 is 2.06. The molecule has 1 saturated heterocycles. The molecule has 1 aliphatic rings. The zero-order chi connectivity index (χ0) is 17.1. The molecule has 2 aromatic heterocycles. The summed E-state index contributed by atoms with van der Waals surface area (Å²) in [5.74, 6) is 0. The molecular weight excluding hydrogens is 322 g/mol. The summed E-state index contributed by atoms with van der Waals surface area (Å²) in [6.45, 7) is 8.33. The van der Waals surface area contributed by atoms with Crippen molar-refractivity contribution in [2.45, 2.75) is 46.1 Å². The highest BCUT2D eigenvalue weighted by molar-refractivity contribution is 7.09. The van der Waals surface area contributed by atoms with Crippen molar-refractivity contribution in [3.8, 4) is 0 Å². The Bertz CT molecular complexity index is 708. The average molecular weight is 347 g/mol. The van der Waals surface area contributed by atoms with Gasteiger partial charge in [0.05, 0.1) is 22.4 Å². The van der Waals surface area contributed by atoms with E-state index in [1.165, 1.54) is 0 Å². The van der Waals surface area contributed by atoms with Gasteiger partial charge in [-0.2, -0.15) is 5.10 Å². The molecule has 7 heteroatoms. The summed E-state index contributed by atoms with van der Waals surface area (Å²) in [6.07, 6.45) is 2.72. The third-order valence-electron chi connectivity index (χ3n) is 4.42. The molecule has 0 bridgehead atoms. The maximum absolute atomic E-state index is 12.3. The molecule has 2 amide bonds. The van der Waals surface area contributed by atoms with Gasteiger partial charge in [0.25, 0.3) is 0 Å². The summed E-state index contributed by atoms with van der Waals surface area (Å²) in [4.78, 5) is 18.8. The first-order chi connectivity index (χ1) is 11.6. The number of urea groups is 1. The lowest BCUT2D eigenvalue weighted by molar-refractivity contribution is 0.207. The summed E-state index contributed by atoms with van der Waals surface area (Å²) in [5.41, 5.74) is 3.33. The number of carbonyl (C=O) groups excluding carboxylic acids is 1. The summed E-state index contributed by atoms with van der Waals surface area (Å²) in [7, 11) is 0. The SMILES string of the molecule is CCc1csc(CCNC(=O)N2CC[C@@H](n3nc(C)cc3C)C2)n1. The Labute approximate surface area is 146 Å². The van der Waals surface area contributed by atoms with Crippen molar-refractivity contribution in [3.05, 3.63) is 33.5 Å². The number of likely N-dealkylation sites (tertiary alicyclic amines) is 1. The minimum atomic E-state index is 0.0197. The van der Waals surface area contributed by atoms with Gasteiger partial charge in [0.2, 0.25) is 0 Å². The van der Waals surface area contributed by atoms with E-state index in [2.05, 4.69) is 45.4 Å². The second-order valence-electron chi connectivity index (χ2n) is 6.33. The Morgan fingerprint density at radius 3 is 2.96 bits per heavy atom. The molecule has 0 radical (unpaired) electrons. The van der Waals surface area contributed by atoms with Crippen LogP contribution in [0.1, 0.15) is 41.5 Å². The number of aryl methyl sites for hydroxylation is 3. The Morgan fingerprint density at radius 1 is 1.46 bits per heavy atom. The van der Waals surface area contributed by atoms with Gasteiger partial charge >= 0.3 is 6.03 Å². The summed E-state index contributed by atoms with van der Waals surface area (Å²) >= 11 is 1.67. The highest BCUT2D eigenvalue weighted by Gasteiger charge is 2.28. The standard InChI is InChI=1S/C17H25N5OS/c1-4-14-11-24-16(19-14)5-7-18-17(23)21-8-6-15(10-21)22-13(3)9-12(2)20-22/h9,11,15H,4-8,10H2,1-3H3,(H,18,23)/t15-/m1/s1. The van der Waals surface area contributed by atoms with Crippen molar-refractivity contribution in [1.29, 1.82) is 0 Å². The van der Waals surface area contributed by atoms with E-state index in [1.54, 1.807) is 11.3 Å². The predicted octanol–water partition coefficient (Wildman–Crippen LogP) is 2.72. The fourth-order valence-electron chi connectivity index (χ4n) is 3.16. The molecule has 0 saturated carbocycles. The normalized spacial score (nSPS) is 17.5. The first kappa shape index (κ1) is 17.0. The van der Waals surface area contributed by atoms with E-state index in [-0.39, 0.29) is 12.1 Å². The highest BCUT2D eigenvalue weighted by Crippen LogP contribution is 2.23. The Hall–Kier alpha value is -1.89. The molecule has 130 valence electrons. The third kappa shape index (κ3) is 3.77. The quantitative estimate of drug-likeness (QED) is 0.904. The van der Waals surface area contributed by atoms with Gasteiger partial charge in [-0.3, -0.25) is 4.68 Å². The van der Waals surface area contributed by atoms with Gasteiger partial charge in [0.1, 0.15) is 0 Å². The van der Waals surface area contributed by atoms with Crippen molar-refractivity contribution in [3.63, 3.8) is 0 Å². The van der Waals surface area contributed by atoms with E-state index < -0.39 is 0 Å². The van der Waals surface area contributed by atoms with Crippen LogP contribution in [0.4, 0.5) is 4.79 Å². The number of carbonyl (C=O) groups is 1. The van der Waals surface area contributed by atoms with E-state index in [0.29, 0.717) is 6.54 Å². The molecule has 6 nitrogen and oxygen atoms in total. The Morgan fingerprint density at radius 2 is 2.29 bits per heavy atom. The number of hydrogen-bond donors (Lipinski definition) is 1. The molecule has 1 aliphatic heterocycles. The van der Waals surface area contributed by atoms with Crippen LogP contribution in [0, 0.1) is 13.8 Å². The van der Waals surface area contributed by atoms with Gasteiger partial charge < -0.3 is 10.2 Å². The van der Waals surface area contributed by atoms with E-state index in [9.17, 15) is 4.79 Å². The highest BCUT2D eigenvalue weighted by atomic mass is 32.1. The third-order valence-corrected chi connectivity index (χ3v) is 5.38. The van der Waals surface area contributed by atoms with Crippen LogP contribution in [0.2, 0.25) is 0 Å². The summed E-state index contributed by atoms with van der Waals surface area (Å²) in [6, 6.07) is 2.39. The van der Waals surface area contributed by atoms with Gasteiger partial charge in [0, 0.05) is 37.1 Å². The van der Waals surface area contributed by atoms with Crippen molar-refractivity contribution in [2.75, 3.05) is 19.6 Å². The Balaban J connectivity index is 1.47. The van der Waals surface area contributed by atoms with Gasteiger partial charge in [-0.15, -0.1) is 11.3 Å². The molecule has 2 aromatic rings. The topological polar surface area (TPSA) is 63.1 Å². The smallest absolute Gasteiger partial charge is 0.317 e. The van der Waals surface area contributed by atoms with E-state index in [0.717, 1.165) is 54.4 Å². The van der Waals surface area contributed by atoms with Crippen LogP contribution < -0.4 is 5.32 Å². The summed E-state index contributed by atoms with van der Waals surface area (Å²) in [5, 5.41) is 10.8. The molecule has 0 spiro atoms. The van der Waals surface area contributed by atoms with Crippen LogP contribution in [-0.2, 0) is 12.8 Å². The van der Waals surface area contributed by atoms with E-state index in [1.807, 2.05) is 11.8 Å². The van der Waals surface area contributed by atoms with Crippen LogP contribution in [0.15, 0.2) is 11.4 Å². The van der Waals surface area contributed by atoms with Crippen LogP contribution in [0.25, 0.3) is 0 Å². The van der Waals surface area contributed by atoms with Crippen LogP contribution in [-0.4, -0.2) is 45.3 Å². The van der Waals surface area contributed by atoms with Crippen molar-refractivity contribution in [2.24, 2.45) is 0 Å². The zero-order valence-electron chi connectivity index (χ0n) is 14.6. The lowest BCUT2D eigenvalue weighted by atomic mass is 10.2. The molecular formula is C17H25N5OS. The molecule has 0 aromatic carbocycles. The maximum atomic E-state index is 12.3. The zero-order valence-corrected chi connectivity index (χ0v) is 15.4. The van der Waals surface area contributed by atoms with Crippen molar-refractivity contribution < 1.29 is 4.79 Å². The molecule has 3 rings (SSSR count). The lowest BCUT2D eigenvalue weighted by Crippen LogP contribution is -2.39. The molecule has 3 heterocycles. The van der Waals surface area contributed by atoms with Crippen molar-refractivity contribution in [1.82, 2.24) is 25.0 Å². The first-order valence-electron chi connectivity index (χ1n) is 8.55. The van der Waals surface area contributed by atoms with Crippen LogP contribution >= 0.6 is 11.3 Å². The number of nitrogens with one attached hydrogen (secondary N) is 1. The molecule has 0 aliphatic carbocycles. The molecule has 1 fully saturated rings. The van der Waals surface area contributed by atoms with E-state index in [4.69, 9.17) is 0 Å². The average Bonchev–Trinajstić information content (AvgIpc) is 3.26. The fourth-order valence-corrected chi connectivity index (χ4v) is 4.04. The largest absolute Gasteiger partial charge is 0.338 e. The molecule has 1 atom stereocenters. The minimum absolute atomic E-state index is 0.0197. The van der Waals surface area contributed by atoms with Crippen LogP contribution in [0.3, 0.4) is 0 Å². The second kappa shape index (κ2) is 7.34. The number of thiazole rings is 1. The van der Waals surface area contributed by atoms with Gasteiger partial charge in [-0.1, -0.05) is 6.92 Å². The minimum Gasteiger partial charge on any atom is -0.338 e. The first-order valence-corrected chi connectivity index (χ1v) is 9.43. The van der Waals surface area contributed by atoms with Crippen LogP contribution in [0.5, 0.6) is 0 Å². The maximum Gasteiger partial charge on any atom is 0.317 e. The number of amides is 2. The second-order valence-corrected chi connectivity index (χ2v) is 7.27. The number of hydrogen-bond acceptors (Lipinski definition) is 4. The molecule has 24 heavy (non-hydrogen) atoms. The van der Waals surface area contributed by atoms with Gasteiger partial charge in [-0.25, -0.2) is 9.78 Å². The van der Waals surface area contributed by atoms with Crippen molar-refractivity contribution >= 4 is 17.4 Å². The number of rotatable bonds is 5. The molecule has 1 N–H and O–H groups in total. The predicted molar refractivity (Wildman–Crippen MR) is 95.5 cm³/mol. The van der Waals surface area contributed by atoms with Gasteiger partial charge in [0.15, 0.2) is 0 Å². The monoisotopic (exact) mass is 347 g/mol. The number of nitrogens with zero attached hydrogens (tertiary/aromatic N) is 4. The van der Waals surface area contributed by atoms with E-state index >= 15 is 0 Å². The van der Waals surface area contributed by atoms with Gasteiger partial charge in [-0.05, 0) is 32.8 Å². The number of aromatic nitrogens is 3. The Kier molecular flexibility index (Phi) is 5.18. The fraction of sp³-hybridized carbons (Fsp3) is 0.588. The molecule has 0 unspecified atom stereocenters.